The summed E-state index contributed by atoms with van der Waals surface area (Å²) in [6, 6.07) is 5.24. The number of amides is 1. The molecule has 1 N–H and O–H groups in total. The van der Waals surface area contributed by atoms with Crippen molar-refractivity contribution in [2.45, 2.75) is 0 Å². The molecule has 1 aromatic heterocycles. The second kappa shape index (κ2) is 5.22. The van der Waals surface area contributed by atoms with Crippen LogP contribution in [0.2, 0.25) is 0 Å². The van der Waals surface area contributed by atoms with Crippen molar-refractivity contribution in [1.29, 1.82) is 0 Å². The molecule has 0 saturated carbocycles. The molecule has 0 unspecified atom stereocenters. The standard InChI is InChI=1S/C12H7BrF2N2O/c13-7-1-2-9(14)8(5-7)12(18)17-11-3-4-16-6-10(11)15/h1-6H,(H,16,17,18). The average Bonchev–Trinajstić information content (AvgIpc) is 2.35. The molecule has 2 aromatic rings. The number of pyridine rings is 1. The number of hydrogen-bond acceptors (Lipinski definition) is 2. The fourth-order valence-electron chi connectivity index (χ4n) is 1.34. The molecule has 0 saturated heterocycles. The van der Waals surface area contributed by atoms with E-state index in [0.717, 1.165) is 12.3 Å². The van der Waals surface area contributed by atoms with Gasteiger partial charge in [-0.2, -0.15) is 0 Å². The first-order chi connectivity index (χ1) is 8.58. The highest BCUT2D eigenvalue weighted by Crippen LogP contribution is 2.18. The summed E-state index contributed by atoms with van der Waals surface area (Å²) >= 11 is 3.13. The van der Waals surface area contributed by atoms with Crippen LogP contribution in [0.1, 0.15) is 10.4 Å². The van der Waals surface area contributed by atoms with Gasteiger partial charge in [0.1, 0.15) is 5.82 Å². The predicted octanol–water partition coefficient (Wildman–Crippen LogP) is 3.37. The van der Waals surface area contributed by atoms with E-state index >= 15 is 0 Å². The Bertz CT molecular complexity index is 604. The number of nitrogens with one attached hydrogen (secondary N) is 1. The Hall–Kier alpha value is -1.82. The second-order valence-electron chi connectivity index (χ2n) is 3.43. The number of anilines is 1. The van der Waals surface area contributed by atoms with Gasteiger partial charge in [-0.3, -0.25) is 9.78 Å². The zero-order valence-electron chi connectivity index (χ0n) is 8.95. The summed E-state index contributed by atoms with van der Waals surface area (Å²) in [5.74, 6) is -2.08. The van der Waals surface area contributed by atoms with Crippen LogP contribution in [0.25, 0.3) is 0 Å². The third-order valence-electron chi connectivity index (χ3n) is 2.19. The first-order valence-electron chi connectivity index (χ1n) is 4.94. The summed E-state index contributed by atoms with van der Waals surface area (Å²) in [6.45, 7) is 0. The molecule has 2 rings (SSSR count). The molecule has 0 atom stereocenters. The van der Waals surface area contributed by atoms with Gasteiger partial charge < -0.3 is 5.32 Å². The number of benzene rings is 1. The van der Waals surface area contributed by atoms with E-state index in [1.54, 1.807) is 0 Å². The van der Waals surface area contributed by atoms with E-state index < -0.39 is 17.5 Å². The Labute approximate surface area is 110 Å². The molecule has 0 fully saturated rings. The van der Waals surface area contributed by atoms with Gasteiger partial charge in [-0.05, 0) is 24.3 Å². The minimum atomic E-state index is -0.723. The molecule has 1 aromatic carbocycles. The number of carbonyl (C=O) groups excluding carboxylic acids is 1. The zero-order chi connectivity index (χ0) is 13.1. The molecule has 0 radical (unpaired) electrons. The van der Waals surface area contributed by atoms with Crippen LogP contribution < -0.4 is 5.32 Å². The monoisotopic (exact) mass is 312 g/mol. The maximum atomic E-state index is 13.4. The van der Waals surface area contributed by atoms with Crippen molar-refractivity contribution in [3.05, 3.63) is 58.3 Å². The Balaban J connectivity index is 2.28. The smallest absolute Gasteiger partial charge is 0.258 e. The van der Waals surface area contributed by atoms with E-state index in [-0.39, 0.29) is 11.3 Å². The summed E-state index contributed by atoms with van der Waals surface area (Å²) in [6.07, 6.45) is 2.29. The normalized spacial score (nSPS) is 10.2. The van der Waals surface area contributed by atoms with Crippen molar-refractivity contribution >= 4 is 27.5 Å². The van der Waals surface area contributed by atoms with Gasteiger partial charge >= 0.3 is 0 Å². The van der Waals surface area contributed by atoms with Gasteiger partial charge in [-0.25, -0.2) is 8.78 Å². The maximum Gasteiger partial charge on any atom is 0.258 e. The number of carbonyl (C=O) groups is 1. The largest absolute Gasteiger partial charge is 0.319 e. The SMILES string of the molecule is O=C(Nc1ccncc1F)c1cc(Br)ccc1F. The van der Waals surface area contributed by atoms with Crippen LogP contribution in [0.15, 0.2) is 41.1 Å². The number of nitrogens with zero attached hydrogens (tertiary/aromatic N) is 1. The van der Waals surface area contributed by atoms with Gasteiger partial charge in [0.25, 0.3) is 5.91 Å². The second-order valence-corrected chi connectivity index (χ2v) is 4.35. The molecule has 6 heteroatoms. The van der Waals surface area contributed by atoms with Gasteiger partial charge in [0.15, 0.2) is 5.82 Å². The third kappa shape index (κ3) is 2.70. The zero-order valence-corrected chi connectivity index (χ0v) is 10.5. The summed E-state index contributed by atoms with van der Waals surface area (Å²) in [5, 5.41) is 2.28. The lowest BCUT2D eigenvalue weighted by Gasteiger charge is -2.07. The quantitative estimate of drug-likeness (QED) is 0.923. The van der Waals surface area contributed by atoms with Crippen LogP contribution in [-0.2, 0) is 0 Å². The summed E-state index contributed by atoms with van der Waals surface area (Å²) in [4.78, 5) is 15.3. The van der Waals surface area contributed by atoms with E-state index in [1.165, 1.54) is 24.4 Å². The third-order valence-corrected chi connectivity index (χ3v) is 2.69. The minimum absolute atomic E-state index is 0.0469. The van der Waals surface area contributed by atoms with E-state index in [2.05, 4.69) is 26.2 Å². The van der Waals surface area contributed by atoms with Crippen molar-refractivity contribution in [1.82, 2.24) is 4.98 Å². The van der Waals surface area contributed by atoms with E-state index in [4.69, 9.17) is 0 Å². The lowest BCUT2D eigenvalue weighted by Crippen LogP contribution is -2.14. The summed E-state index contributed by atoms with van der Waals surface area (Å²) in [7, 11) is 0. The Morgan fingerprint density at radius 2 is 2.00 bits per heavy atom. The van der Waals surface area contributed by atoms with Crippen molar-refractivity contribution in [2.24, 2.45) is 0 Å². The molecular formula is C12H7BrF2N2O. The highest BCUT2D eigenvalue weighted by Gasteiger charge is 2.14. The first-order valence-corrected chi connectivity index (χ1v) is 5.73. The molecule has 1 heterocycles. The fraction of sp³-hybridized carbons (Fsp3) is 0. The van der Waals surface area contributed by atoms with Crippen LogP contribution >= 0.6 is 15.9 Å². The first kappa shape index (κ1) is 12.6. The lowest BCUT2D eigenvalue weighted by molar-refractivity contribution is 0.102. The summed E-state index contributed by atoms with van der Waals surface area (Å²) < 4.78 is 27.3. The van der Waals surface area contributed by atoms with Crippen molar-refractivity contribution < 1.29 is 13.6 Å². The average molecular weight is 313 g/mol. The molecular weight excluding hydrogens is 306 g/mol. The molecule has 0 aliphatic heterocycles. The van der Waals surface area contributed by atoms with Crippen molar-refractivity contribution in [3.8, 4) is 0 Å². The fourth-order valence-corrected chi connectivity index (χ4v) is 1.70. The maximum absolute atomic E-state index is 13.4. The van der Waals surface area contributed by atoms with E-state index in [0.29, 0.717) is 4.47 Å². The van der Waals surface area contributed by atoms with Gasteiger partial charge in [0.2, 0.25) is 0 Å². The molecule has 18 heavy (non-hydrogen) atoms. The van der Waals surface area contributed by atoms with E-state index in [1.807, 2.05) is 0 Å². The van der Waals surface area contributed by atoms with Gasteiger partial charge in [0.05, 0.1) is 17.4 Å². The van der Waals surface area contributed by atoms with Gasteiger partial charge in [0, 0.05) is 10.7 Å². The van der Waals surface area contributed by atoms with Gasteiger partial charge in [-0.1, -0.05) is 15.9 Å². The molecule has 0 bridgehead atoms. The minimum Gasteiger partial charge on any atom is -0.319 e. The molecule has 0 spiro atoms. The van der Waals surface area contributed by atoms with Crippen LogP contribution in [0.5, 0.6) is 0 Å². The Morgan fingerprint density at radius 3 is 2.72 bits per heavy atom. The summed E-state index contributed by atoms with van der Waals surface area (Å²) in [5.41, 5.74) is -0.213. The topological polar surface area (TPSA) is 42.0 Å². The lowest BCUT2D eigenvalue weighted by atomic mass is 10.2. The van der Waals surface area contributed by atoms with Crippen LogP contribution in [-0.4, -0.2) is 10.9 Å². The highest BCUT2D eigenvalue weighted by molar-refractivity contribution is 9.10. The van der Waals surface area contributed by atoms with Crippen molar-refractivity contribution in [2.75, 3.05) is 5.32 Å². The number of hydrogen-bond donors (Lipinski definition) is 1. The molecule has 3 nitrogen and oxygen atoms in total. The number of aromatic nitrogens is 1. The molecule has 1 amide bonds. The predicted molar refractivity (Wildman–Crippen MR) is 66.2 cm³/mol. The van der Waals surface area contributed by atoms with Crippen LogP contribution in [0.4, 0.5) is 14.5 Å². The molecule has 0 aliphatic carbocycles. The van der Waals surface area contributed by atoms with Crippen LogP contribution in [0.3, 0.4) is 0 Å². The van der Waals surface area contributed by atoms with Crippen LogP contribution in [0, 0.1) is 11.6 Å². The molecule has 92 valence electrons. The number of halogens is 3. The van der Waals surface area contributed by atoms with Crippen molar-refractivity contribution in [3.63, 3.8) is 0 Å². The Morgan fingerprint density at radius 1 is 1.22 bits per heavy atom. The highest BCUT2D eigenvalue weighted by atomic mass is 79.9. The number of rotatable bonds is 2. The van der Waals surface area contributed by atoms with Gasteiger partial charge in [-0.15, -0.1) is 0 Å². The molecule has 0 aliphatic rings. The van der Waals surface area contributed by atoms with E-state index in [9.17, 15) is 13.6 Å². The Kier molecular flexibility index (Phi) is 3.66.